The molecule has 0 bridgehead atoms. The first-order valence-corrected chi connectivity index (χ1v) is 11.1. The number of aryl methyl sites for hydroxylation is 2. The van der Waals surface area contributed by atoms with E-state index in [2.05, 4.69) is 14.9 Å². The minimum atomic E-state index is -0.513. The zero-order valence-electron chi connectivity index (χ0n) is 19.4. The van der Waals surface area contributed by atoms with Gasteiger partial charge in [-0.1, -0.05) is 18.2 Å². The van der Waals surface area contributed by atoms with Crippen LogP contribution >= 0.6 is 0 Å². The number of aromatic nitrogens is 2. The Morgan fingerprint density at radius 2 is 1.57 bits per heavy atom. The van der Waals surface area contributed by atoms with Crippen molar-refractivity contribution in [1.82, 2.24) is 14.9 Å². The molecule has 0 radical (unpaired) electrons. The third-order valence-electron chi connectivity index (χ3n) is 6.00. The number of rotatable bonds is 6. The predicted octanol–water partition coefficient (Wildman–Crippen LogP) is 3.46. The highest BCUT2D eigenvalue weighted by molar-refractivity contribution is 5.95. The number of nitrogens with zero attached hydrogens (tertiary/aromatic N) is 6. The van der Waals surface area contributed by atoms with Gasteiger partial charge in [-0.25, -0.2) is 9.97 Å². The van der Waals surface area contributed by atoms with Crippen LogP contribution in [-0.2, 0) is 6.42 Å². The molecule has 1 saturated heterocycles. The molecule has 1 aromatic heterocycles. The molecule has 1 aliphatic heterocycles. The lowest BCUT2D eigenvalue weighted by molar-refractivity contribution is -0.385. The van der Waals surface area contributed by atoms with Gasteiger partial charge in [-0.3, -0.25) is 25.0 Å². The van der Waals surface area contributed by atoms with Crippen LogP contribution in [0.25, 0.3) is 0 Å². The molecule has 3 aromatic rings. The Morgan fingerprint density at radius 1 is 0.914 bits per heavy atom. The summed E-state index contributed by atoms with van der Waals surface area (Å²) in [6, 6.07) is 12.2. The van der Waals surface area contributed by atoms with Gasteiger partial charge in [0, 0.05) is 73.7 Å². The average molecular weight is 476 g/mol. The van der Waals surface area contributed by atoms with Gasteiger partial charge in [0.15, 0.2) is 0 Å². The highest BCUT2D eigenvalue weighted by atomic mass is 16.6. The number of nitro benzene ring substituents is 2. The van der Waals surface area contributed by atoms with Crippen molar-refractivity contribution in [3.63, 3.8) is 0 Å². The lowest BCUT2D eigenvalue weighted by Gasteiger charge is -2.36. The molecule has 11 nitrogen and oxygen atoms in total. The number of hydrogen-bond donors (Lipinski definition) is 0. The molecule has 0 spiro atoms. The fraction of sp³-hybridized carbons (Fsp3) is 0.292. The fourth-order valence-corrected chi connectivity index (χ4v) is 4.18. The second-order valence-electron chi connectivity index (χ2n) is 8.35. The molecule has 1 fully saturated rings. The molecule has 180 valence electrons. The summed E-state index contributed by atoms with van der Waals surface area (Å²) >= 11 is 0. The van der Waals surface area contributed by atoms with Crippen LogP contribution in [0.15, 0.2) is 48.5 Å². The van der Waals surface area contributed by atoms with Crippen molar-refractivity contribution in [3.8, 4) is 0 Å². The first-order valence-electron chi connectivity index (χ1n) is 11.1. The third kappa shape index (κ3) is 5.24. The average Bonchev–Trinajstić information content (AvgIpc) is 2.85. The van der Waals surface area contributed by atoms with E-state index < -0.39 is 9.85 Å². The van der Waals surface area contributed by atoms with E-state index in [9.17, 15) is 25.0 Å². The van der Waals surface area contributed by atoms with E-state index in [1.54, 1.807) is 23.1 Å². The largest absolute Gasteiger partial charge is 0.353 e. The van der Waals surface area contributed by atoms with Gasteiger partial charge in [0.25, 0.3) is 17.3 Å². The quantitative estimate of drug-likeness (QED) is 0.390. The van der Waals surface area contributed by atoms with Crippen molar-refractivity contribution < 1.29 is 14.6 Å². The molecule has 2 heterocycles. The highest BCUT2D eigenvalue weighted by Gasteiger charge is 2.26. The standard InChI is InChI=1S/C24H24N6O5/c1-16-22(14-18-6-8-20(9-7-18)29(32)33)23(26-17(2)25-16)27-10-12-28(13-11-27)24(31)19-4-3-5-21(15-19)30(34)35/h3-9,15H,10-14H2,1-2H3. The number of anilines is 1. The molecular weight excluding hydrogens is 452 g/mol. The lowest BCUT2D eigenvalue weighted by atomic mass is 10.0. The topological polar surface area (TPSA) is 136 Å². The molecule has 0 aliphatic carbocycles. The summed E-state index contributed by atoms with van der Waals surface area (Å²) in [7, 11) is 0. The van der Waals surface area contributed by atoms with Crippen molar-refractivity contribution in [2.45, 2.75) is 20.3 Å². The Hall–Kier alpha value is -4.41. The predicted molar refractivity (Wildman–Crippen MR) is 129 cm³/mol. The molecule has 0 saturated carbocycles. The summed E-state index contributed by atoms with van der Waals surface area (Å²) in [5.74, 6) is 1.19. The molecule has 4 rings (SSSR count). The Bertz CT molecular complexity index is 1290. The smallest absolute Gasteiger partial charge is 0.270 e. The summed E-state index contributed by atoms with van der Waals surface area (Å²) in [4.78, 5) is 47.0. The van der Waals surface area contributed by atoms with Crippen LogP contribution in [0.3, 0.4) is 0 Å². The van der Waals surface area contributed by atoms with Gasteiger partial charge in [-0.2, -0.15) is 0 Å². The number of hydrogen-bond acceptors (Lipinski definition) is 8. The normalized spacial score (nSPS) is 13.5. The summed E-state index contributed by atoms with van der Waals surface area (Å²) in [5, 5.41) is 22.0. The molecule has 0 N–H and O–H groups in total. The van der Waals surface area contributed by atoms with Gasteiger partial charge < -0.3 is 9.80 Å². The molecule has 1 amide bonds. The number of nitro groups is 2. The summed E-state index contributed by atoms with van der Waals surface area (Å²) in [6.07, 6.45) is 0.520. The minimum absolute atomic E-state index is 0.0374. The van der Waals surface area contributed by atoms with E-state index in [0.717, 1.165) is 22.6 Å². The molecule has 2 aromatic carbocycles. The Kier molecular flexibility index (Phi) is 6.67. The van der Waals surface area contributed by atoms with Crippen LogP contribution in [0.4, 0.5) is 17.2 Å². The van der Waals surface area contributed by atoms with Gasteiger partial charge >= 0.3 is 0 Å². The van der Waals surface area contributed by atoms with E-state index in [0.29, 0.717) is 44.0 Å². The van der Waals surface area contributed by atoms with Crippen molar-refractivity contribution in [2.75, 3.05) is 31.1 Å². The van der Waals surface area contributed by atoms with Crippen LogP contribution in [0, 0.1) is 34.1 Å². The lowest BCUT2D eigenvalue weighted by Crippen LogP contribution is -2.49. The maximum absolute atomic E-state index is 12.9. The van der Waals surface area contributed by atoms with E-state index >= 15 is 0 Å². The van der Waals surface area contributed by atoms with Crippen LogP contribution in [-0.4, -0.2) is 56.8 Å². The zero-order chi connectivity index (χ0) is 25.1. The second kappa shape index (κ2) is 9.84. The molecule has 35 heavy (non-hydrogen) atoms. The van der Waals surface area contributed by atoms with Crippen LogP contribution < -0.4 is 4.90 Å². The number of amides is 1. The van der Waals surface area contributed by atoms with Crippen LogP contribution in [0.5, 0.6) is 0 Å². The van der Waals surface area contributed by atoms with Crippen molar-refractivity contribution in [3.05, 3.63) is 97.0 Å². The van der Waals surface area contributed by atoms with E-state index in [4.69, 9.17) is 0 Å². The number of benzene rings is 2. The first-order chi connectivity index (χ1) is 16.7. The minimum Gasteiger partial charge on any atom is -0.353 e. The molecular formula is C24H24N6O5. The SMILES string of the molecule is Cc1nc(C)c(Cc2ccc([N+](=O)[O-])cc2)c(N2CCN(C(=O)c3cccc([N+](=O)[O-])c3)CC2)n1. The van der Waals surface area contributed by atoms with Gasteiger partial charge in [0.1, 0.15) is 11.6 Å². The summed E-state index contributed by atoms with van der Waals surface area (Å²) < 4.78 is 0. The van der Waals surface area contributed by atoms with Gasteiger partial charge in [-0.05, 0) is 25.5 Å². The monoisotopic (exact) mass is 476 g/mol. The first kappa shape index (κ1) is 23.7. The molecule has 0 atom stereocenters. The number of carbonyl (C=O) groups excluding carboxylic acids is 1. The van der Waals surface area contributed by atoms with E-state index in [1.165, 1.54) is 30.3 Å². The van der Waals surface area contributed by atoms with E-state index in [1.807, 2.05) is 13.8 Å². The Labute approximate surface area is 201 Å². The second-order valence-corrected chi connectivity index (χ2v) is 8.35. The Morgan fingerprint density at radius 3 is 2.20 bits per heavy atom. The summed E-state index contributed by atoms with van der Waals surface area (Å²) in [5.41, 5.74) is 2.89. The van der Waals surface area contributed by atoms with Gasteiger partial charge in [0.05, 0.1) is 9.85 Å². The zero-order valence-corrected chi connectivity index (χ0v) is 19.4. The maximum Gasteiger partial charge on any atom is 0.270 e. The van der Waals surface area contributed by atoms with Crippen LogP contribution in [0.2, 0.25) is 0 Å². The fourth-order valence-electron chi connectivity index (χ4n) is 4.18. The van der Waals surface area contributed by atoms with Crippen molar-refractivity contribution in [1.29, 1.82) is 0 Å². The highest BCUT2D eigenvalue weighted by Crippen LogP contribution is 2.26. The number of carbonyl (C=O) groups is 1. The maximum atomic E-state index is 12.9. The van der Waals surface area contributed by atoms with Gasteiger partial charge in [0.2, 0.25) is 0 Å². The Balaban J connectivity index is 1.51. The molecule has 11 heteroatoms. The molecule has 1 aliphatic rings. The number of piperazine rings is 1. The van der Waals surface area contributed by atoms with E-state index in [-0.39, 0.29) is 17.3 Å². The summed E-state index contributed by atoms with van der Waals surface area (Å²) in [6.45, 7) is 5.73. The van der Waals surface area contributed by atoms with Gasteiger partial charge in [-0.15, -0.1) is 0 Å². The van der Waals surface area contributed by atoms with Crippen LogP contribution in [0.1, 0.15) is 33.0 Å². The van der Waals surface area contributed by atoms with Crippen molar-refractivity contribution in [2.24, 2.45) is 0 Å². The van der Waals surface area contributed by atoms with Crippen molar-refractivity contribution >= 4 is 23.1 Å². The third-order valence-corrected chi connectivity index (χ3v) is 6.00. The number of non-ortho nitro benzene ring substituents is 2. The molecule has 0 unspecified atom stereocenters.